The Labute approximate surface area is 147 Å². The molecule has 25 heavy (non-hydrogen) atoms. The van der Waals surface area contributed by atoms with E-state index in [4.69, 9.17) is 35.0 Å². The van der Waals surface area contributed by atoms with Crippen LogP contribution in [0, 0.1) is 5.41 Å². The summed E-state index contributed by atoms with van der Waals surface area (Å²) in [5.74, 6) is -3.65. The largest absolute Gasteiger partial charge is 0.473 e. The predicted octanol–water partition coefficient (Wildman–Crippen LogP) is 0.907. The molecule has 9 nitrogen and oxygen atoms in total. The lowest BCUT2D eigenvalue weighted by molar-refractivity contribution is -0.159. The molecule has 0 aromatic rings. The quantitative estimate of drug-likeness (QED) is 0.586. The number of carbonyl (C=O) groups is 3. The third-order valence-corrected chi connectivity index (χ3v) is 4.21. The first-order valence-electron chi connectivity index (χ1n) is 8.24. The van der Waals surface area contributed by atoms with E-state index in [9.17, 15) is 4.79 Å². The molecule has 1 unspecified atom stereocenters. The molecule has 2 saturated heterocycles. The van der Waals surface area contributed by atoms with E-state index in [1.165, 1.54) is 0 Å². The minimum Gasteiger partial charge on any atom is -0.473 e. The summed E-state index contributed by atoms with van der Waals surface area (Å²) in [7, 11) is 0. The zero-order chi connectivity index (χ0) is 19.3. The molecule has 144 valence electrons. The molecule has 0 aromatic heterocycles. The van der Waals surface area contributed by atoms with Crippen LogP contribution >= 0.6 is 0 Å². The molecule has 1 amide bonds. The Morgan fingerprint density at radius 3 is 2.08 bits per heavy atom. The second-order valence-electron chi connectivity index (χ2n) is 7.45. The number of rotatable bonds is 1. The van der Waals surface area contributed by atoms with Gasteiger partial charge in [0.05, 0.1) is 12.7 Å². The fraction of sp³-hybridized carbons (Fsp3) is 0.812. The maximum absolute atomic E-state index is 12.0. The van der Waals surface area contributed by atoms with Crippen LogP contribution in [0.3, 0.4) is 0 Å². The summed E-state index contributed by atoms with van der Waals surface area (Å²) in [6.45, 7) is 8.59. The van der Waals surface area contributed by atoms with Gasteiger partial charge >= 0.3 is 18.0 Å². The Kier molecular flexibility index (Phi) is 7.18. The van der Waals surface area contributed by atoms with Crippen molar-refractivity contribution < 1.29 is 34.1 Å². The van der Waals surface area contributed by atoms with Crippen molar-refractivity contribution in [3.05, 3.63) is 0 Å². The number of hydrogen-bond acceptors (Lipinski definition) is 6. The molecule has 4 N–H and O–H groups in total. The topological polar surface area (TPSA) is 139 Å². The minimum absolute atomic E-state index is 0.198. The second kappa shape index (κ2) is 8.48. The molecule has 2 aliphatic rings. The number of nitrogens with zero attached hydrogens (tertiary/aromatic N) is 1. The highest BCUT2D eigenvalue weighted by Crippen LogP contribution is 2.41. The standard InChI is InChI=1S/C14H26N2O3.C2H2O4/c1-13(2,3)19-12(17)16-6-4-14(5-7-16)8-11(9-15)18-10-14;3-1(4)2(5)6/h11H,4-10,15H2,1-3H3;(H,3,4)(H,5,6). The van der Waals surface area contributed by atoms with Gasteiger partial charge < -0.3 is 30.3 Å². The maximum atomic E-state index is 12.0. The Hall–Kier alpha value is -1.87. The minimum atomic E-state index is -1.82. The molecule has 1 atom stereocenters. The highest BCUT2D eigenvalue weighted by molar-refractivity contribution is 6.27. The Morgan fingerprint density at radius 1 is 1.20 bits per heavy atom. The molecule has 9 heteroatoms. The number of aliphatic carboxylic acids is 2. The summed E-state index contributed by atoms with van der Waals surface area (Å²) in [6, 6.07) is 0. The van der Waals surface area contributed by atoms with Gasteiger partial charge in [-0.15, -0.1) is 0 Å². The monoisotopic (exact) mass is 360 g/mol. The molecule has 2 fully saturated rings. The van der Waals surface area contributed by atoms with E-state index in [0.29, 0.717) is 6.54 Å². The number of carbonyl (C=O) groups excluding carboxylic acids is 1. The number of ether oxygens (including phenoxy) is 2. The van der Waals surface area contributed by atoms with Gasteiger partial charge in [0.15, 0.2) is 0 Å². The van der Waals surface area contributed by atoms with Gasteiger partial charge in [0, 0.05) is 19.6 Å². The van der Waals surface area contributed by atoms with Gasteiger partial charge in [-0.25, -0.2) is 14.4 Å². The summed E-state index contributed by atoms with van der Waals surface area (Å²) in [5, 5.41) is 14.8. The lowest BCUT2D eigenvalue weighted by atomic mass is 9.77. The van der Waals surface area contributed by atoms with Gasteiger partial charge in [0.1, 0.15) is 5.60 Å². The van der Waals surface area contributed by atoms with Gasteiger partial charge in [-0.2, -0.15) is 0 Å². The first kappa shape index (κ1) is 21.2. The summed E-state index contributed by atoms with van der Waals surface area (Å²) in [6.07, 6.45) is 3.02. The average molecular weight is 360 g/mol. The summed E-state index contributed by atoms with van der Waals surface area (Å²) in [4.78, 5) is 32.0. The number of likely N-dealkylation sites (tertiary alicyclic amines) is 1. The van der Waals surface area contributed by atoms with Gasteiger partial charge in [0.2, 0.25) is 0 Å². The van der Waals surface area contributed by atoms with E-state index >= 15 is 0 Å². The van der Waals surface area contributed by atoms with Gasteiger partial charge in [-0.3, -0.25) is 0 Å². The second-order valence-corrected chi connectivity index (χ2v) is 7.45. The third-order valence-electron chi connectivity index (χ3n) is 4.21. The van der Waals surface area contributed by atoms with Crippen molar-refractivity contribution >= 4 is 18.0 Å². The highest BCUT2D eigenvalue weighted by Gasteiger charge is 2.43. The predicted molar refractivity (Wildman–Crippen MR) is 88.2 cm³/mol. The van der Waals surface area contributed by atoms with Crippen molar-refractivity contribution in [3.63, 3.8) is 0 Å². The SMILES string of the molecule is CC(C)(C)OC(=O)N1CCC2(CC1)COC(CN)C2.O=C(O)C(=O)O. The number of carboxylic acid groups (broad SMARTS) is 2. The Morgan fingerprint density at radius 2 is 1.72 bits per heavy atom. The molecule has 2 heterocycles. The number of amides is 1. The molecule has 2 rings (SSSR count). The van der Waals surface area contributed by atoms with Crippen molar-refractivity contribution in [2.24, 2.45) is 11.1 Å². The van der Waals surface area contributed by atoms with Gasteiger partial charge in [-0.1, -0.05) is 0 Å². The van der Waals surface area contributed by atoms with Crippen LogP contribution in [0.5, 0.6) is 0 Å². The molecular formula is C16H28N2O7. The molecular weight excluding hydrogens is 332 g/mol. The maximum Gasteiger partial charge on any atom is 0.414 e. The van der Waals surface area contributed by atoms with Crippen LogP contribution in [0.15, 0.2) is 0 Å². The summed E-state index contributed by atoms with van der Waals surface area (Å²) < 4.78 is 11.1. The third kappa shape index (κ3) is 6.87. The van der Waals surface area contributed by atoms with Crippen molar-refractivity contribution in [2.45, 2.75) is 51.7 Å². The van der Waals surface area contributed by atoms with Crippen molar-refractivity contribution in [1.29, 1.82) is 0 Å². The molecule has 1 spiro atoms. The van der Waals surface area contributed by atoms with Crippen LogP contribution in [0.2, 0.25) is 0 Å². The lowest BCUT2D eigenvalue weighted by Crippen LogP contribution is -2.45. The highest BCUT2D eigenvalue weighted by atomic mass is 16.6. The van der Waals surface area contributed by atoms with Crippen molar-refractivity contribution in [2.75, 3.05) is 26.2 Å². The van der Waals surface area contributed by atoms with E-state index in [0.717, 1.165) is 39.0 Å². The molecule has 0 radical (unpaired) electrons. The fourth-order valence-electron chi connectivity index (χ4n) is 2.89. The summed E-state index contributed by atoms with van der Waals surface area (Å²) >= 11 is 0. The van der Waals surface area contributed by atoms with Crippen LogP contribution in [-0.2, 0) is 19.1 Å². The van der Waals surface area contributed by atoms with Crippen molar-refractivity contribution in [3.8, 4) is 0 Å². The van der Waals surface area contributed by atoms with Crippen LogP contribution in [0.25, 0.3) is 0 Å². The van der Waals surface area contributed by atoms with Gasteiger partial charge in [-0.05, 0) is 45.4 Å². The number of carboxylic acids is 2. The van der Waals surface area contributed by atoms with Gasteiger partial charge in [0.25, 0.3) is 0 Å². The molecule has 0 aromatic carbocycles. The summed E-state index contributed by atoms with van der Waals surface area (Å²) in [5.41, 5.74) is 5.47. The van der Waals surface area contributed by atoms with Crippen LogP contribution < -0.4 is 5.73 Å². The molecule has 0 bridgehead atoms. The smallest absolute Gasteiger partial charge is 0.414 e. The normalized spacial score (nSPS) is 22.1. The van der Waals surface area contributed by atoms with E-state index in [-0.39, 0.29) is 17.6 Å². The number of nitrogens with two attached hydrogens (primary N) is 1. The average Bonchev–Trinajstić information content (AvgIpc) is 2.90. The fourth-order valence-corrected chi connectivity index (χ4v) is 2.89. The van der Waals surface area contributed by atoms with Crippen LogP contribution in [0.1, 0.15) is 40.0 Å². The van der Waals surface area contributed by atoms with E-state index in [2.05, 4.69) is 0 Å². The Balaban J connectivity index is 0.000000450. The van der Waals surface area contributed by atoms with E-state index in [1.54, 1.807) is 0 Å². The Bertz CT molecular complexity index is 481. The number of hydrogen-bond donors (Lipinski definition) is 3. The van der Waals surface area contributed by atoms with Crippen molar-refractivity contribution in [1.82, 2.24) is 4.90 Å². The zero-order valence-electron chi connectivity index (χ0n) is 15.0. The lowest BCUT2D eigenvalue weighted by Gasteiger charge is -2.38. The molecule has 0 saturated carbocycles. The van der Waals surface area contributed by atoms with Crippen LogP contribution in [0.4, 0.5) is 4.79 Å². The first-order valence-corrected chi connectivity index (χ1v) is 8.24. The number of piperidine rings is 1. The molecule has 2 aliphatic heterocycles. The first-order chi connectivity index (χ1) is 11.5. The van der Waals surface area contributed by atoms with E-state index in [1.807, 2.05) is 25.7 Å². The zero-order valence-corrected chi connectivity index (χ0v) is 15.0. The van der Waals surface area contributed by atoms with Crippen LogP contribution in [-0.4, -0.2) is 71.1 Å². The molecule has 0 aliphatic carbocycles. The van der Waals surface area contributed by atoms with E-state index < -0.39 is 17.5 Å².